The van der Waals surface area contributed by atoms with Crippen molar-refractivity contribution in [1.29, 1.82) is 5.26 Å². The third kappa shape index (κ3) is 3.09. The number of piperidine rings is 1. The van der Waals surface area contributed by atoms with Crippen LogP contribution in [-0.2, 0) is 0 Å². The lowest BCUT2D eigenvalue weighted by Crippen LogP contribution is -2.47. The summed E-state index contributed by atoms with van der Waals surface area (Å²) in [4.78, 5) is 13.8. The molecule has 1 saturated heterocycles. The molecule has 2 N–H and O–H groups in total. The molecule has 2 rings (SSSR count). The molecule has 1 aliphatic rings. The predicted molar refractivity (Wildman–Crippen MR) is 76.3 cm³/mol. The van der Waals surface area contributed by atoms with Crippen LogP contribution in [0.3, 0.4) is 0 Å². The Hall–Kier alpha value is -2.06. The van der Waals surface area contributed by atoms with E-state index in [4.69, 9.17) is 5.26 Å². The summed E-state index contributed by atoms with van der Waals surface area (Å²) >= 11 is 0. The monoisotopic (exact) mass is 273 g/mol. The van der Waals surface area contributed by atoms with Gasteiger partial charge in [0, 0.05) is 18.8 Å². The summed E-state index contributed by atoms with van der Waals surface area (Å²) in [6.07, 6.45) is 0.326. The highest BCUT2D eigenvalue weighted by molar-refractivity contribution is 5.90. The van der Waals surface area contributed by atoms with Crippen molar-refractivity contribution in [2.75, 3.05) is 18.4 Å². The highest BCUT2D eigenvalue weighted by Crippen LogP contribution is 2.20. The van der Waals surface area contributed by atoms with Crippen LogP contribution in [0.25, 0.3) is 0 Å². The fourth-order valence-corrected chi connectivity index (χ4v) is 2.25. The van der Waals surface area contributed by atoms with Gasteiger partial charge in [-0.2, -0.15) is 5.26 Å². The van der Waals surface area contributed by atoms with E-state index in [0.29, 0.717) is 24.3 Å². The van der Waals surface area contributed by atoms with Crippen molar-refractivity contribution in [3.8, 4) is 6.07 Å². The van der Waals surface area contributed by atoms with Crippen LogP contribution in [0.2, 0.25) is 0 Å². The third-order valence-corrected chi connectivity index (χ3v) is 3.81. The second kappa shape index (κ2) is 5.93. The normalized spacial score (nSPS) is 22.2. The lowest BCUT2D eigenvalue weighted by atomic mass is 9.96. The molecule has 1 aromatic rings. The molecule has 1 aliphatic heterocycles. The Balaban J connectivity index is 2.07. The molecule has 1 aromatic carbocycles. The van der Waals surface area contributed by atoms with Crippen LogP contribution in [0.15, 0.2) is 18.2 Å². The van der Waals surface area contributed by atoms with E-state index in [1.807, 2.05) is 13.8 Å². The molecule has 20 heavy (non-hydrogen) atoms. The second-order valence-electron chi connectivity index (χ2n) is 5.35. The van der Waals surface area contributed by atoms with Crippen LogP contribution >= 0.6 is 0 Å². The summed E-state index contributed by atoms with van der Waals surface area (Å²) in [5.41, 5.74) is 2.06. The number of amides is 2. The van der Waals surface area contributed by atoms with Crippen molar-refractivity contribution in [3.05, 3.63) is 29.3 Å². The molecule has 1 fully saturated rings. The zero-order valence-electron chi connectivity index (χ0n) is 11.8. The van der Waals surface area contributed by atoms with E-state index in [0.717, 1.165) is 12.0 Å². The molecule has 2 amide bonds. The number of benzene rings is 1. The quantitative estimate of drug-likeness (QED) is 0.822. The molecule has 2 atom stereocenters. The molecule has 106 valence electrons. The molecule has 0 radical (unpaired) electrons. The maximum atomic E-state index is 12.2. The molecule has 1 heterocycles. The molecule has 5 heteroatoms. The van der Waals surface area contributed by atoms with Gasteiger partial charge in [0.25, 0.3) is 0 Å². The van der Waals surface area contributed by atoms with E-state index in [1.54, 1.807) is 23.1 Å². The number of nitrogens with zero attached hydrogens (tertiary/aromatic N) is 2. The first-order valence-corrected chi connectivity index (χ1v) is 6.76. The van der Waals surface area contributed by atoms with Gasteiger partial charge in [0.1, 0.15) is 0 Å². The summed E-state index contributed by atoms with van der Waals surface area (Å²) in [6, 6.07) is 7.02. The number of aliphatic hydroxyl groups excluding tert-OH is 1. The number of hydrogen-bond donors (Lipinski definition) is 2. The number of carbonyl (C=O) groups excluding carboxylic acids is 1. The Kier molecular flexibility index (Phi) is 4.26. The molecule has 0 spiro atoms. The Morgan fingerprint density at radius 1 is 1.55 bits per heavy atom. The number of aliphatic hydroxyl groups is 1. The molecular formula is C15H19N3O2. The minimum absolute atomic E-state index is 0.225. The van der Waals surface area contributed by atoms with Crippen molar-refractivity contribution in [3.63, 3.8) is 0 Å². The van der Waals surface area contributed by atoms with Crippen LogP contribution in [-0.4, -0.2) is 35.2 Å². The van der Waals surface area contributed by atoms with Crippen molar-refractivity contribution in [2.45, 2.75) is 26.4 Å². The predicted octanol–water partition coefficient (Wildman–Crippen LogP) is 2.10. The van der Waals surface area contributed by atoms with E-state index >= 15 is 0 Å². The van der Waals surface area contributed by atoms with Gasteiger partial charge in [-0.15, -0.1) is 0 Å². The van der Waals surface area contributed by atoms with Gasteiger partial charge in [-0.25, -0.2) is 4.79 Å². The van der Waals surface area contributed by atoms with Gasteiger partial charge in [0.15, 0.2) is 0 Å². The Morgan fingerprint density at radius 2 is 2.30 bits per heavy atom. The van der Waals surface area contributed by atoms with E-state index < -0.39 is 6.10 Å². The number of hydrogen-bond acceptors (Lipinski definition) is 3. The first-order chi connectivity index (χ1) is 9.51. The van der Waals surface area contributed by atoms with Crippen molar-refractivity contribution in [1.82, 2.24) is 4.90 Å². The number of β-amino-alcohol motifs (C(OH)–C–C–N with tert-alkyl or cyclic N) is 1. The lowest BCUT2D eigenvalue weighted by Gasteiger charge is -2.34. The molecule has 5 nitrogen and oxygen atoms in total. The molecule has 2 unspecified atom stereocenters. The molecular weight excluding hydrogens is 254 g/mol. The standard InChI is InChI=1S/C15H19N3O2/c1-10-3-4-12(8-16)7-13(10)17-15(20)18-6-5-11(2)14(19)9-18/h3-4,7,11,14,19H,5-6,9H2,1-2H3,(H,17,20). The summed E-state index contributed by atoms with van der Waals surface area (Å²) in [7, 11) is 0. The number of urea groups is 1. The largest absolute Gasteiger partial charge is 0.391 e. The number of likely N-dealkylation sites (tertiary alicyclic amines) is 1. The van der Waals surface area contributed by atoms with Crippen LogP contribution < -0.4 is 5.32 Å². The lowest BCUT2D eigenvalue weighted by molar-refractivity contribution is 0.0464. The molecule has 0 saturated carbocycles. The third-order valence-electron chi connectivity index (χ3n) is 3.81. The Bertz CT molecular complexity index is 551. The van der Waals surface area contributed by atoms with Gasteiger partial charge in [-0.1, -0.05) is 13.0 Å². The van der Waals surface area contributed by atoms with E-state index in [9.17, 15) is 9.90 Å². The smallest absolute Gasteiger partial charge is 0.321 e. The van der Waals surface area contributed by atoms with Gasteiger partial charge in [-0.05, 0) is 37.0 Å². The Labute approximate surface area is 118 Å². The average molecular weight is 273 g/mol. The average Bonchev–Trinajstić information content (AvgIpc) is 2.44. The van der Waals surface area contributed by atoms with Crippen molar-refractivity contribution >= 4 is 11.7 Å². The van der Waals surface area contributed by atoms with Crippen LogP contribution in [0, 0.1) is 24.2 Å². The van der Waals surface area contributed by atoms with Gasteiger partial charge in [0.05, 0.1) is 17.7 Å². The first-order valence-electron chi connectivity index (χ1n) is 6.76. The minimum atomic E-state index is -0.471. The van der Waals surface area contributed by atoms with Gasteiger partial charge in [-0.3, -0.25) is 0 Å². The fraction of sp³-hybridized carbons (Fsp3) is 0.467. The summed E-state index contributed by atoms with van der Waals surface area (Å²) < 4.78 is 0. The molecule has 0 aromatic heterocycles. The number of aryl methyl sites for hydroxylation is 1. The maximum Gasteiger partial charge on any atom is 0.321 e. The number of nitriles is 1. The highest BCUT2D eigenvalue weighted by atomic mass is 16.3. The first kappa shape index (κ1) is 14.4. The van der Waals surface area contributed by atoms with Gasteiger partial charge >= 0.3 is 6.03 Å². The molecule has 0 aliphatic carbocycles. The van der Waals surface area contributed by atoms with E-state index in [2.05, 4.69) is 11.4 Å². The van der Waals surface area contributed by atoms with Crippen molar-refractivity contribution in [2.24, 2.45) is 5.92 Å². The van der Waals surface area contributed by atoms with Gasteiger partial charge < -0.3 is 15.3 Å². The zero-order chi connectivity index (χ0) is 14.7. The van der Waals surface area contributed by atoms with Crippen LogP contribution in [0.1, 0.15) is 24.5 Å². The zero-order valence-corrected chi connectivity index (χ0v) is 11.8. The van der Waals surface area contributed by atoms with Crippen LogP contribution in [0.4, 0.5) is 10.5 Å². The summed E-state index contributed by atoms with van der Waals surface area (Å²) in [6.45, 7) is 4.86. The molecule has 0 bridgehead atoms. The summed E-state index contributed by atoms with van der Waals surface area (Å²) in [5, 5.41) is 21.5. The second-order valence-corrected chi connectivity index (χ2v) is 5.35. The highest BCUT2D eigenvalue weighted by Gasteiger charge is 2.27. The number of anilines is 1. The number of nitrogens with one attached hydrogen (secondary N) is 1. The van der Waals surface area contributed by atoms with E-state index in [-0.39, 0.29) is 11.9 Å². The summed E-state index contributed by atoms with van der Waals surface area (Å²) in [5.74, 6) is 0.225. The SMILES string of the molecule is Cc1ccc(C#N)cc1NC(=O)N1CCC(C)C(O)C1. The Morgan fingerprint density at radius 3 is 2.95 bits per heavy atom. The van der Waals surface area contributed by atoms with Gasteiger partial charge in [0.2, 0.25) is 0 Å². The minimum Gasteiger partial charge on any atom is -0.391 e. The van der Waals surface area contributed by atoms with Crippen LogP contribution in [0.5, 0.6) is 0 Å². The van der Waals surface area contributed by atoms with E-state index in [1.165, 1.54) is 0 Å². The number of rotatable bonds is 1. The number of carbonyl (C=O) groups is 1. The van der Waals surface area contributed by atoms with Crippen molar-refractivity contribution < 1.29 is 9.90 Å². The fourth-order valence-electron chi connectivity index (χ4n) is 2.25. The maximum absolute atomic E-state index is 12.2. The topological polar surface area (TPSA) is 76.4 Å².